The van der Waals surface area contributed by atoms with Gasteiger partial charge in [-0.25, -0.2) is 0 Å². The molecule has 3 rings (SSSR count). The number of likely N-dealkylation sites (tertiary alicyclic amines) is 1. The van der Waals surface area contributed by atoms with Gasteiger partial charge in [0.25, 0.3) is 0 Å². The predicted octanol–water partition coefficient (Wildman–Crippen LogP) is 0.128. The van der Waals surface area contributed by atoms with Crippen LogP contribution in [-0.2, 0) is 16.0 Å². The summed E-state index contributed by atoms with van der Waals surface area (Å²) in [7, 11) is 0. The van der Waals surface area contributed by atoms with Gasteiger partial charge in [0.2, 0.25) is 5.91 Å². The van der Waals surface area contributed by atoms with Crippen LogP contribution in [0.1, 0.15) is 23.4 Å². The molecule has 0 bridgehead atoms. The van der Waals surface area contributed by atoms with Crippen LogP contribution in [0.15, 0.2) is 4.52 Å². The molecule has 2 aliphatic heterocycles. The van der Waals surface area contributed by atoms with Crippen molar-refractivity contribution >= 4 is 5.91 Å². The third kappa shape index (κ3) is 3.57. The van der Waals surface area contributed by atoms with Gasteiger partial charge >= 0.3 is 0 Å². The maximum atomic E-state index is 12.5. The smallest absolute Gasteiger partial charge is 0.223 e. The number of aliphatic hydroxyl groups is 1. The molecule has 2 aliphatic rings. The second-order valence-electron chi connectivity index (χ2n) is 6.38. The minimum atomic E-state index is -0.476. The van der Waals surface area contributed by atoms with E-state index in [2.05, 4.69) is 10.1 Å². The fraction of sp³-hybridized carbons (Fsp3) is 0.750. The van der Waals surface area contributed by atoms with E-state index in [9.17, 15) is 9.90 Å². The average molecular weight is 323 g/mol. The number of amides is 1. The van der Waals surface area contributed by atoms with E-state index < -0.39 is 6.10 Å². The number of nitrogens with zero attached hydrogens (tertiary/aromatic N) is 3. The van der Waals surface area contributed by atoms with E-state index in [0.29, 0.717) is 39.1 Å². The Balaban J connectivity index is 1.54. The van der Waals surface area contributed by atoms with Crippen molar-refractivity contribution in [1.82, 2.24) is 15.0 Å². The highest BCUT2D eigenvalue weighted by Crippen LogP contribution is 2.20. The van der Waals surface area contributed by atoms with Gasteiger partial charge in [0.15, 0.2) is 0 Å². The first-order chi connectivity index (χ1) is 11.1. The molecule has 1 amide bonds. The van der Waals surface area contributed by atoms with Gasteiger partial charge in [-0.1, -0.05) is 5.16 Å². The number of rotatable bonds is 4. The van der Waals surface area contributed by atoms with Crippen LogP contribution in [0.3, 0.4) is 0 Å². The standard InChI is InChI=1S/C16H25N3O4/c1-11-13(12(2)23-17-11)3-4-16(21)19-9-14(15(20)10-19)18-5-7-22-8-6-18/h14-15,20H,3-10H2,1-2H3/t14-,15-/m1/s1. The fourth-order valence-corrected chi connectivity index (χ4v) is 3.49. The van der Waals surface area contributed by atoms with Crippen LogP contribution in [0.25, 0.3) is 0 Å². The summed E-state index contributed by atoms with van der Waals surface area (Å²) in [6.07, 6.45) is 0.580. The van der Waals surface area contributed by atoms with E-state index in [1.807, 2.05) is 13.8 Å². The van der Waals surface area contributed by atoms with Crippen LogP contribution in [-0.4, -0.2) is 77.5 Å². The number of hydrogen-bond donors (Lipinski definition) is 1. The molecule has 0 unspecified atom stereocenters. The third-order valence-corrected chi connectivity index (χ3v) is 4.90. The summed E-state index contributed by atoms with van der Waals surface area (Å²) < 4.78 is 10.5. The first-order valence-electron chi connectivity index (χ1n) is 8.25. The molecule has 1 N–H and O–H groups in total. The Kier molecular flexibility index (Phi) is 4.99. The molecule has 2 atom stereocenters. The summed E-state index contributed by atoms with van der Waals surface area (Å²) in [5.41, 5.74) is 1.87. The second-order valence-corrected chi connectivity index (χ2v) is 6.38. The lowest BCUT2D eigenvalue weighted by Crippen LogP contribution is -2.49. The van der Waals surface area contributed by atoms with E-state index in [1.54, 1.807) is 4.90 Å². The van der Waals surface area contributed by atoms with Crippen molar-refractivity contribution < 1.29 is 19.2 Å². The van der Waals surface area contributed by atoms with Gasteiger partial charge in [0, 0.05) is 38.2 Å². The van der Waals surface area contributed by atoms with Crippen molar-refractivity contribution in [1.29, 1.82) is 0 Å². The van der Waals surface area contributed by atoms with Gasteiger partial charge in [-0.3, -0.25) is 9.69 Å². The van der Waals surface area contributed by atoms with Crippen LogP contribution in [0.5, 0.6) is 0 Å². The van der Waals surface area contributed by atoms with Crippen LogP contribution >= 0.6 is 0 Å². The molecule has 0 spiro atoms. The zero-order valence-corrected chi connectivity index (χ0v) is 13.8. The summed E-state index contributed by atoms with van der Waals surface area (Å²) in [5, 5.41) is 14.2. The molecule has 23 heavy (non-hydrogen) atoms. The third-order valence-electron chi connectivity index (χ3n) is 4.90. The largest absolute Gasteiger partial charge is 0.390 e. The molecule has 128 valence electrons. The average Bonchev–Trinajstić information content (AvgIpc) is 3.09. The lowest BCUT2D eigenvalue weighted by molar-refractivity contribution is -0.130. The Labute approximate surface area is 136 Å². The summed E-state index contributed by atoms with van der Waals surface area (Å²) in [6, 6.07) is 0.0296. The van der Waals surface area contributed by atoms with Crippen LogP contribution < -0.4 is 0 Å². The highest BCUT2D eigenvalue weighted by Gasteiger charge is 2.37. The van der Waals surface area contributed by atoms with E-state index >= 15 is 0 Å². The van der Waals surface area contributed by atoms with Gasteiger partial charge < -0.3 is 19.3 Å². The summed E-state index contributed by atoms with van der Waals surface area (Å²) >= 11 is 0. The van der Waals surface area contributed by atoms with Crippen LogP contribution in [0, 0.1) is 13.8 Å². The Morgan fingerprint density at radius 1 is 1.30 bits per heavy atom. The summed E-state index contributed by atoms with van der Waals surface area (Å²) in [5.74, 6) is 0.864. The molecule has 2 saturated heterocycles. The number of carbonyl (C=O) groups excluding carboxylic acids is 1. The van der Waals surface area contributed by atoms with Gasteiger partial charge in [0.05, 0.1) is 31.1 Å². The highest BCUT2D eigenvalue weighted by atomic mass is 16.5. The van der Waals surface area contributed by atoms with Crippen molar-refractivity contribution in [2.45, 2.75) is 38.8 Å². The number of carbonyl (C=O) groups is 1. The van der Waals surface area contributed by atoms with Crippen molar-refractivity contribution in [2.24, 2.45) is 0 Å². The normalized spacial score (nSPS) is 26.0. The first kappa shape index (κ1) is 16.4. The number of morpholine rings is 1. The highest BCUT2D eigenvalue weighted by molar-refractivity contribution is 5.77. The second kappa shape index (κ2) is 6.98. The SMILES string of the molecule is Cc1noc(C)c1CCC(=O)N1C[C@@H](O)[C@H](N2CCOCC2)C1. The topological polar surface area (TPSA) is 79.0 Å². The van der Waals surface area contributed by atoms with Gasteiger partial charge in [-0.2, -0.15) is 0 Å². The molecule has 1 aromatic rings. The van der Waals surface area contributed by atoms with Gasteiger partial charge in [-0.15, -0.1) is 0 Å². The summed E-state index contributed by atoms with van der Waals surface area (Å²) in [6.45, 7) is 7.82. The molecule has 3 heterocycles. The number of ether oxygens (including phenoxy) is 1. The molecule has 7 nitrogen and oxygen atoms in total. The summed E-state index contributed by atoms with van der Waals surface area (Å²) in [4.78, 5) is 16.5. The molecule has 0 aromatic carbocycles. The van der Waals surface area contributed by atoms with Crippen molar-refractivity contribution in [3.63, 3.8) is 0 Å². The first-order valence-corrected chi connectivity index (χ1v) is 8.25. The quantitative estimate of drug-likeness (QED) is 0.848. The number of aromatic nitrogens is 1. The van der Waals surface area contributed by atoms with E-state index in [-0.39, 0.29) is 11.9 Å². The Morgan fingerprint density at radius 2 is 2.04 bits per heavy atom. The Bertz CT molecular complexity index is 534. The molecule has 7 heteroatoms. The molecule has 0 saturated carbocycles. The minimum Gasteiger partial charge on any atom is -0.390 e. The molecule has 0 aliphatic carbocycles. The minimum absolute atomic E-state index is 0.0296. The van der Waals surface area contributed by atoms with Crippen molar-refractivity contribution in [3.05, 3.63) is 17.0 Å². The zero-order chi connectivity index (χ0) is 16.4. The van der Waals surface area contributed by atoms with E-state index in [0.717, 1.165) is 30.1 Å². The Hall–Kier alpha value is -1.44. The number of β-amino-alcohol motifs (C(OH)–C–C–N with tert-alkyl or cyclic N) is 1. The van der Waals surface area contributed by atoms with Gasteiger partial charge in [0.1, 0.15) is 5.76 Å². The molecular formula is C16H25N3O4. The monoisotopic (exact) mass is 323 g/mol. The lowest BCUT2D eigenvalue weighted by atomic mass is 10.1. The van der Waals surface area contributed by atoms with Gasteiger partial charge in [-0.05, 0) is 20.3 Å². The van der Waals surface area contributed by atoms with E-state index in [1.165, 1.54) is 0 Å². The van der Waals surface area contributed by atoms with Crippen LogP contribution in [0.2, 0.25) is 0 Å². The van der Waals surface area contributed by atoms with Crippen molar-refractivity contribution in [3.8, 4) is 0 Å². The maximum Gasteiger partial charge on any atom is 0.223 e. The van der Waals surface area contributed by atoms with Crippen LogP contribution in [0.4, 0.5) is 0 Å². The lowest BCUT2D eigenvalue weighted by Gasteiger charge is -2.33. The number of aliphatic hydroxyl groups excluding tert-OH is 1. The molecule has 1 aromatic heterocycles. The van der Waals surface area contributed by atoms with Crippen molar-refractivity contribution in [2.75, 3.05) is 39.4 Å². The predicted molar refractivity (Wildman–Crippen MR) is 83.1 cm³/mol. The van der Waals surface area contributed by atoms with E-state index in [4.69, 9.17) is 9.26 Å². The maximum absolute atomic E-state index is 12.5. The fourth-order valence-electron chi connectivity index (χ4n) is 3.49. The number of aryl methyl sites for hydroxylation is 2. The Morgan fingerprint density at radius 3 is 2.70 bits per heavy atom. The zero-order valence-electron chi connectivity index (χ0n) is 13.8. The molecule has 0 radical (unpaired) electrons. The molecular weight excluding hydrogens is 298 g/mol. The molecule has 2 fully saturated rings. The number of hydrogen-bond acceptors (Lipinski definition) is 6.